The maximum atomic E-state index is 6.02. The molecule has 0 saturated heterocycles. The van der Waals surface area contributed by atoms with Crippen molar-refractivity contribution in [2.75, 3.05) is 17.6 Å². The molecular weight excluding hydrogens is 188 g/mol. The number of aromatic nitrogens is 2. The minimum Gasteiger partial charge on any atom is -0.394 e. The fourth-order valence-corrected chi connectivity index (χ4v) is 1.49. The van der Waals surface area contributed by atoms with E-state index >= 15 is 0 Å². The van der Waals surface area contributed by atoms with Crippen LogP contribution in [0.3, 0.4) is 0 Å². The van der Waals surface area contributed by atoms with Crippen molar-refractivity contribution in [3.8, 4) is 0 Å². The van der Waals surface area contributed by atoms with Gasteiger partial charge in [-0.15, -0.1) is 6.58 Å². The summed E-state index contributed by atoms with van der Waals surface area (Å²) in [7, 11) is 1.90. The van der Waals surface area contributed by atoms with Crippen LogP contribution in [0.15, 0.2) is 12.7 Å². The average Bonchev–Trinajstić information content (AvgIpc) is 2.45. The molecule has 0 saturated carbocycles. The van der Waals surface area contributed by atoms with E-state index in [2.05, 4.69) is 30.8 Å². The summed E-state index contributed by atoms with van der Waals surface area (Å²) >= 11 is 0. The SMILES string of the molecule is C=CCCNc1c(N)c(C(C)C)nn1C. The lowest BCUT2D eigenvalue weighted by atomic mass is 10.1. The normalized spacial score (nSPS) is 10.7. The summed E-state index contributed by atoms with van der Waals surface area (Å²) < 4.78 is 1.80. The van der Waals surface area contributed by atoms with Gasteiger partial charge >= 0.3 is 0 Å². The van der Waals surface area contributed by atoms with Crippen LogP contribution in [-0.2, 0) is 7.05 Å². The number of anilines is 2. The molecule has 84 valence electrons. The van der Waals surface area contributed by atoms with Crippen molar-refractivity contribution in [3.63, 3.8) is 0 Å². The number of hydrogen-bond acceptors (Lipinski definition) is 3. The number of aryl methyl sites for hydroxylation is 1. The minimum atomic E-state index is 0.353. The molecule has 1 aromatic heterocycles. The number of nitrogens with one attached hydrogen (secondary N) is 1. The Hall–Kier alpha value is -1.45. The second-order valence-corrected chi connectivity index (χ2v) is 3.93. The van der Waals surface area contributed by atoms with E-state index in [1.165, 1.54) is 0 Å². The Morgan fingerprint density at radius 2 is 2.27 bits per heavy atom. The number of rotatable bonds is 5. The van der Waals surface area contributed by atoms with Crippen LogP contribution in [0.1, 0.15) is 31.9 Å². The van der Waals surface area contributed by atoms with Crippen LogP contribution in [0.4, 0.5) is 11.5 Å². The summed E-state index contributed by atoms with van der Waals surface area (Å²) in [6.45, 7) is 8.69. The Morgan fingerprint density at radius 1 is 1.60 bits per heavy atom. The molecule has 0 aromatic carbocycles. The van der Waals surface area contributed by atoms with Gasteiger partial charge in [0.25, 0.3) is 0 Å². The second-order valence-electron chi connectivity index (χ2n) is 3.93. The third-order valence-corrected chi connectivity index (χ3v) is 2.30. The predicted molar refractivity (Wildman–Crippen MR) is 65.0 cm³/mol. The van der Waals surface area contributed by atoms with Crippen molar-refractivity contribution in [3.05, 3.63) is 18.3 Å². The second kappa shape index (κ2) is 4.87. The molecule has 3 N–H and O–H groups in total. The van der Waals surface area contributed by atoms with Gasteiger partial charge in [0.05, 0.1) is 11.4 Å². The zero-order chi connectivity index (χ0) is 11.4. The Morgan fingerprint density at radius 3 is 2.73 bits per heavy atom. The zero-order valence-electron chi connectivity index (χ0n) is 9.75. The van der Waals surface area contributed by atoms with Crippen LogP contribution in [0, 0.1) is 0 Å². The van der Waals surface area contributed by atoms with Crippen molar-refractivity contribution in [2.24, 2.45) is 7.05 Å². The Bertz CT molecular complexity index is 339. The van der Waals surface area contributed by atoms with Crippen molar-refractivity contribution in [1.82, 2.24) is 9.78 Å². The van der Waals surface area contributed by atoms with E-state index in [0.29, 0.717) is 5.92 Å². The van der Waals surface area contributed by atoms with E-state index in [9.17, 15) is 0 Å². The van der Waals surface area contributed by atoms with Crippen molar-refractivity contribution in [1.29, 1.82) is 0 Å². The first-order valence-electron chi connectivity index (χ1n) is 5.25. The van der Waals surface area contributed by atoms with E-state index in [-0.39, 0.29) is 0 Å². The van der Waals surface area contributed by atoms with Gasteiger partial charge in [0.1, 0.15) is 5.82 Å². The highest BCUT2D eigenvalue weighted by molar-refractivity contribution is 5.65. The monoisotopic (exact) mass is 208 g/mol. The largest absolute Gasteiger partial charge is 0.394 e. The highest BCUT2D eigenvalue weighted by Gasteiger charge is 2.14. The predicted octanol–water partition coefficient (Wildman–Crippen LogP) is 2.11. The van der Waals surface area contributed by atoms with E-state index in [1.54, 1.807) is 4.68 Å². The van der Waals surface area contributed by atoms with Gasteiger partial charge in [0.2, 0.25) is 0 Å². The minimum absolute atomic E-state index is 0.353. The summed E-state index contributed by atoms with van der Waals surface area (Å²) in [6, 6.07) is 0. The Kier molecular flexibility index (Phi) is 3.77. The van der Waals surface area contributed by atoms with Gasteiger partial charge in [-0.3, -0.25) is 4.68 Å². The number of nitrogens with two attached hydrogens (primary N) is 1. The summed E-state index contributed by atoms with van der Waals surface area (Å²) in [6.07, 6.45) is 2.80. The van der Waals surface area contributed by atoms with Gasteiger partial charge in [-0.1, -0.05) is 19.9 Å². The molecule has 4 heteroatoms. The van der Waals surface area contributed by atoms with E-state index in [0.717, 1.165) is 30.2 Å². The zero-order valence-corrected chi connectivity index (χ0v) is 9.75. The van der Waals surface area contributed by atoms with Gasteiger partial charge in [-0.05, 0) is 12.3 Å². The molecule has 0 amide bonds. The first-order chi connectivity index (χ1) is 7.07. The van der Waals surface area contributed by atoms with Crippen LogP contribution in [0.5, 0.6) is 0 Å². The number of hydrogen-bond donors (Lipinski definition) is 2. The molecule has 0 aliphatic rings. The van der Waals surface area contributed by atoms with E-state index < -0.39 is 0 Å². The highest BCUT2D eigenvalue weighted by Crippen LogP contribution is 2.27. The summed E-state index contributed by atoms with van der Waals surface area (Å²) in [5.74, 6) is 1.26. The van der Waals surface area contributed by atoms with Crippen LogP contribution in [0.25, 0.3) is 0 Å². The molecule has 1 rings (SSSR count). The Labute approximate surface area is 91.2 Å². The van der Waals surface area contributed by atoms with Gasteiger partial charge in [-0.2, -0.15) is 5.10 Å². The van der Waals surface area contributed by atoms with Crippen molar-refractivity contribution < 1.29 is 0 Å². The molecule has 0 atom stereocenters. The summed E-state index contributed by atoms with van der Waals surface area (Å²) in [4.78, 5) is 0. The molecule has 0 aliphatic carbocycles. The quantitative estimate of drug-likeness (QED) is 0.575. The third kappa shape index (κ3) is 2.52. The lowest BCUT2D eigenvalue weighted by Crippen LogP contribution is -2.07. The molecule has 1 aromatic rings. The molecular formula is C11H20N4. The molecule has 15 heavy (non-hydrogen) atoms. The molecule has 1 heterocycles. The van der Waals surface area contributed by atoms with Crippen LogP contribution in [-0.4, -0.2) is 16.3 Å². The first kappa shape index (κ1) is 11.6. The number of nitrogen functional groups attached to an aromatic ring is 1. The van der Waals surface area contributed by atoms with E-state index in [4.69, 9.17) is 5.73 Å². The fourth-order valence-electron chi connectivity index (χ4n) is 1.49. The number of nitrogens with zero attached hydrogens (tertiary/aromatic N) is 2. The van der Waals surface area contributed by atoms with Gasteiger partial charge in [-0.25, -0.2) is 0 Å². The summed E-state index contributed by atoms with van der Waals surface area (Å²) in [5.41, 5.74) is 7.73. The molecule has 0 spiro atoms. The topological polar surface area (TPSA) is 55.9 Å². The molecule has 0 unspecified atom stereocenters. The summed E-state index contributed by atoms with van der Waals surface area (Å²) in [5, 5.41) is 7.65. The third-order valence-electron chi connectivity index (χ3n) is 2.30. The first-order valence-corrected chi connectivity index (χ1v) is 5.25. The maximum absolute atomic E-state index is 6.02. The molecule has 4 nitrogen and oxygen atoms in total. The standard InChI is InChI=1S/C11H20N4/c1-5-6-7-13-11-9(12)10(8(2)3)14-15(11)4/h5,8,13H,1,6-7,12H2,2-4H3. The van der Waals surface area contributed by atoms with Crippen LogP contribution in [0.2, 0.25) is 0 Å². The van der Waals surface area contributed by atoms with Crippen LogP contribution < -0.4 is 11.1 Å². The van der Waals surface area contributed by atoms with Crippen LogP contribution >= 0.6 is 0 Å². The van der Waals surface area contributed by atoms with Crippen molar-refractivity contribution in [2.45, 2.75) is 26.2 Å². The lowest BCUT2D eigenvalue weighted by molar-refractivity contribution is 0.715. The van der Waals surface area contributed by atoms with Gasteiger partial charge in [0.15, 0.2) is 0 Å². The average molecular weight is 208 g/mol. The van der Waals surface area contributed by atoms with E-state index in [1.807, 2.05) is 13.1 Å². The molecule has 0 aliphatic heterocycles. The lowest BCUT2D eigenvalue weighted by Gasteiger charge is -2.06. The molecule has 0 fully saturated rings. The molecule has 0 radical (unpaired) electrons. The highest BCUT2D eigenvalue weighted by atomic mass is 15.3. The maximum Gasteiger partial charge on any atom is 0.147 e. The molecule has 0 bridgehead atoms. The Balaban J connectivity index is 2.83. The smallest absolute Gasteiger partial charge is 0.147 e. The van der Waals surface area contributed by atoms with Gasteiger partial charge in [0, 0.05) is 13.6 Å². The fraction of sp³-hybridized carbons (Fsp3) is 0.545. The van der Waals surface area contributed by atoms with Gasteiger partial charge < -0.3 is 11.1 Å². The van der Waals surface area contributed by atoms with Crippen molar-refractivity contribution >= 4 is 11.5 Å².